The molecule has 1 aromatic carbocycles. The van der Waals surface area contributed by atoms with E-state index in [1.807, 2.05) is 0 Å². The van der Waals surface area contributed by atoms with E-state index in [4.69, 9.17) is 11.6 Å². The Bertz CT molecular complexity index is 860. The highest BCUT2D eigenvalue weighted by Crippen LogP contribution is 2.63. The van der Waals surface area contributed by atoms with E-state index >= 15 is 0 Å². The quantitative estimate of drug-likeness (QED) is 0.344. The minimum atomic E-state index is -8.37. The molecule has 17 heteroatoms. The van der Waals surface area contributed by atoms with Crippen LogP contribution < -0.4 is 0 Å². The van der Waals surface area contributed by atoms with Gasteiger partial charge >= 0.3 is 41.7 Å². The van der Waals surface area contributed by atoms with E-state index in [2.05, 4.69) is 0 Å². The first-order valence-corrected chi connectivity index (χ1v) is 8.41. The Morgan fingerprint density at radius 1 is 0.636 bits per heavy atom. The highest BCUT2D eigenvalue weighted by atomic mass is 35.5. The molecule has 0 bridgehead atoms. The van der Waals surface area contributed by atoms with Crippen LogP contribution in [0.3, 0.4) is 0 Å². The maximum atomic E-state index is 14.0. The van der Waals surface area contributed by atoms with E-state index in [1.54, 1.807) is 0 Å². The van der Waals surface area contributed by atoms with Crippen LogP contribution in [-0.2, 0) is 5.60 Å². The molecule has 1 unspecified atom stereocenters. The molecule has 0 aliphatic rings. The minimum absolute atomic E-state index is 0.251. The largest absolute Gasteiger partial charge is 0.460 e. The molecular weight excluding hydrogens is 529 g/mol. The molecule has 1 nitrogen and oxygen atoms in total. The Kier molecular flexibility index (Phi) is 7.13. The molecule has 1 atom stereocenters. The van der Waals surface area contributed by atoms with Crippen LogP contribution >= 0.6 is 11.6 Å². The second-order valence-corrected chi connectivity index (χ2v) is 7.41. The lowest BCUT2D eigenvalue weighted by Gasteiger charge is -2.42. The number of rotatable bonds is 8. The van der Waals surface area contributed by atoms with Gasteiger partial charge in [0.1, 0.15) is 0 Å². The first-order chi connectivity index (χ1) is 14.2. The number of hydrogen-bond acceptors (Lipinski definition) is 1. The van der Waals surface area contributed by atoms with Crippen molar-refractivity contribution in [3.63, 3.8) is 0 Å². The predicted molar refractivity (Wildman–Crippen MR) is 81.4 cm³/mol. The smallest absolute Gasteiger partial charge is 0.385 e. The summed E-state index contributed by atoms with van der Waals surface area (Å²) in [5.41, 5.74) is -4.19. The maximum absolute atomic E-state index is 14.0. The zero-order chi connectivity index (χ0) is 26.7. The number of aliphatic hydroxyl groups is 1. The van der Waals surface area contributed by atoms with Gasteiger partial charge in [0.25, 0.3) is 0 Å². The standard InChI is InChI=1S/C16H10ClF15O/c1-9(33,7-4-2-3-5-8(7)17)6-10(18,19)11(20,21)12(22,23)13(24,25)14(26,27)15(28,29)16(30,31)32/h2-5,33H,6H2,1H3. The zero-order valence-corrected chi connectivity index (χ0v) is 16.3. The summed E-state index contributed by atoms with van der Waals surface area (Å²) < 4.78 is 198. The molecule has 33 heavy (non-hydrogen) atoms. The van der Waals surface area contributed by atoms with E-state index < -0.39 is 64.3 Å². The summed E-state index contributed by atoms with van der Waals surface area (Å²) in [6.45, 7) is 0.251. The van der Waals surface area contributed by atoms with Gasteiger partial charge in [0, 0.05) is 10.6 Å². The van der Waals surface area contributed by atoms with E-state index in [-0.39, 0.29) is 6.92 Å². The summed E-state index contributed by atoms with van der Waals surface area (Å²) in [7, 11) is 0. The maximum Gasteiger partial charge on any atom is 0.460 e. The second-order valence-electron chi connectivity index (χ2n) is 7.00. The topological polar surface area (TPSA) is 20.2 Å². The normalized spacial score (nSPS) is 17.2. The molecule has 0 amide bonds. The molecule has 1 N–H and O–H groups in total. The third-order valence-corrected chi connectivity index (χ3v) is 4.74. The van der Waals surface area contributed by atoms with Crippen molar-refractivity contribution in [3.8, 4) is 0 Å². The molecule has 0 aromatic heterocycles. The monoisotopic (exact) mass is 538 g/mol. The summed E-state index contributed by atoms with van der Waals surface area (Å²) in [6.07, 6.45) is -10.6. The molecular formula is C16H10ClF15O. The van der Waals surface area contributed by atoms with Gasteiger partial charge in [-0.1, -0.05) is 29.8 Å². The van der Waals surface area contributed by atoms with Gasteiger partial charge in [-0.2, -0.15) is 65.9 Å². The first kappa shape index (κ1) is 29.5. The molecule has 0 heterocycles. The van der Waals surface area contributed by atoms with Crippen LogP contribution in [0, 0.1) is 0 Å². The zero-order valence-electron chi connectivity index (χ0n) is 15.5. The van der Waals surface area contributed by atoms with Gasteiger partial charge in [-0.3, -0.25) is 0 Å². The third kappa shape index (κ3) is 4.32. The van der Waals surface area contributed by atoms with Crippen LogP contribution in [0.25, 0.3) is 0 Å². The molecule has 0 radical (unpaired) electrons. The van der Waals surface area contributed by atoms with Crippen molar-refractivity contribution < 1.29 is 71.0 Å². The fraction of sp³-hybridized carbons (Fsp3) is 0.625. The molecule has 0 saturated heterocycles. The van der Waals surface area contributed by atoms with E-state index in [1.165, 1.54) is 0 Å². The van der Waals surface area contributed by atoms with Gasteiger partial charge in [0.05, 0.1) is 12.0 Å². The molecule has 192 valence electrons. The van der Waals surface area contributed by atoms with Crippen LogP contribution in [0.5, 0.6) is 0 Å². The van der Waals surface area contributed by atoms with Crippen LogP contribution in [0.1, 0.15) is 18.9 Å². The second kappa shape index (κ2) is 7.99. The summed E-state index contributed by atoms with van der Waals surface area (Å²) >= 11 is 5.52. The van der Waals surface area contributed by atoms with Crippen molar-refractivity contribution in [2.75, 3.05) is 0 Å². The lowest BCUT2D eigenvalue weighted by molar-refractivity contribution is -0.453. The van der Waals surface area contributed by atoms with Gasteiger partial charge in [-0.15, -0.1) is 0 Å². The van der Waals surface area contributed by atoms with E-state index in [0.717, 1.165) is 18.2 Å². The highest BCUT2D eigenvalue weighted by molar-refractivity contribution is 6.31. The first-order valence-electron chi connectivity index (χ1n) is 8.03. The Hall–Kier alpha value is -1.58. The van der Waals surface area contributed by atoms with E-state index in [9.17, 15) is 71.0 Å². The Morgan fingerprint density at radius 3 is 1.39 bits per heavy atom. The molecule has 1 rings (SSSR count). The van der Waals surface area contributed by atoms with Crippen molar-refractivity contribution in [2.45, 2.75) is 60.7 Å². The summed E-state index contributed by atoms with van der Waals surface area (Å²) in [6, 6.07) is 3.66. The van der Waals surface area contributed by atoms with Crippen molar-refractivity contribution in [2.24, 2.45) is 0 Å². The van der Waals surface area contributed by atoms with Crippen LogP contribution in [0.15, 0.2) is 24.3 Å². The highest BCUT2D eigenvalue weighted by Gasteiger charge is 2.93. The average molecular weight is 539 g/mol. The van der Waals surface area contributed by atoms with Gasteiger partial charge in [-0.25, -0.2) is 0 Å². The molecule has 0 saturated carbocycles. The van der Waals surface area contributed by atoms with Gasteiger partial charge in [0.2, 0.25) is 0 Å². The predicted octanol–water partition coefficient (Wildman–Crippen LogP) is 7.31. The van der Waals surface area contributed by atoms with Crippen LogP contribution in [0.4, 0.5) is 65.9 Å². The fourth-order valence-electron chi connectivity index (χ4n) is 2.54. The lowest BCUT2D eigenvalue weighted by Crippen LogP contribution is -2.72. The van der Waals surface area contributed by atoms with Crippen molar-refractivity contribution in [3.05, 3.63) is 34.9 Å². The SMILES string of the molecule is CC(O)(CC(F)(F)C(F)(F)C(F)(F)C(F)(F)C(F)(F)C(F)(F)C(F)(F)F)c1ccccc1Cl. The molecule has 0 fully saturated rings. The third-order valence-electron chi connectivity index (χ3n) is 4.41. The molecule has 0 spiro atoms. The minimum Gasteiger partial charge on any atom is -0.385 e. The Balaban J connectivity index is 3.56. The van der Waals surface area contributed by atoms with Crippen molar-refractivity contribution in [1.82, 2.24) is 0 Å². The molecule has 0 aliphatic heterocycles. The fourth-order valence-corrected chi connectivity index (χ4v) is 2.88. The number of halogens is 16. The Morgan fingerprint density at radius 2 is 1.00 bits per heavy atom. The number of hydrogen-bond donors (Lipinski definition) is 1. The molecule has 1 aromatic rings. The van der Waals surface area contributed by atoms with Gasteiger partial charge in [-0.05, 0) is 13.0 Å². The van der Waals surface area contributed by atoms with E-state index in [0.29, 0.717) is 6.07 Å². The lowest BCUT2D eigenvalue weighted by atomic mass is 9.83. The van der Waals surface area contributed by atoms with Crippen LogP contribution in [0.2, 0.25) is 5.02 Å². The summed E-state index contributed by atoms with van der Waals surface area (Å²) in [5.74, 6) is -47.2. The van der Waals surface area contributed by atoms with Crippen LogP contribution in [-0.4, -0.2) is 46.8 Å². The van der Waals surface area contributed by atoms with Crippen molar-refractivity contribution in [1.29, 1.82) is 0 Å². The van der Waals surface area contributed by atoms with Crippen molar-refractivity contribution >= 4 is 11.6 Å². The van der Waals surface area contributed by atoms with Gasteiger partial charge in [0.15, 0.2) is 0 Å². The average Bonchev–Trinajstić information content (AvgIpc) is 2.59. The number of alkyl halides is 15. The van der Waals surface area contributed by atoms with Gasteiger partial charge < -0.3 is 5.11 Å². The molecule has 0 aliphatic carbocycles. The number of benzene rings is 1. The summed E-state index contributed by atoms with van der Waals surface area (Å²) in [5, 5.41) is 9.35. The summed E-state index contributed by atoms with van der Waals surface area (Å²) in [4.78, 5) is 0. The Labute approximate surface area is 179 Å².